The maximum absolute atomic E-state index is 13.0. The van der Waals surface area contributed by atoms with E-state index in [4.69, 9.17) is 9.72 Å². The second kappa shape index (κ2) is 7.48. The predicted octanol–water partition coefficient (Wildman–Crippen LogP) is 3.77. The molecule has 0 spiro atoms. The van der Waals surface area contributed by atoms with Gasteiger partial charge in [-0.3, -0.25) is 4.79 Å². The Labute approximate surface area is 162 Å². The number of anilines is 1. The number of methoxy groups -OCH3 is 1. The van der Waals surface area contributed by atoms with Crippen molar-refractivity contribution in [3.63, 3.8) is 0 Å². The fourth-order valence-corrected chi connectivity index (χ4v) is 3.00. The summed E-state index contributed by atoms with van der Waals surface area (Å²) in [6.45, 7) is 2.66. The zero-order chi connectivity index (χ0) is 19.5. The standard InChI is InChI=1S/C21H19N5O2/c1-3-26-20-17(13-23-26)16(11-18(25-20)14-7-5-4-6-8-14)21(27)24-15-9-10-19(28-2)22-12-15/h4-13H,3H2,1-2H3,(H,24,27). The molecule has 0 saturated heterocycles. The third-order valence-electron chi connectivity index (χ3n) is 4.43. The summed E-state index contributed by atoms with van der Waals surface area (Å²) in [6.07, 6.45) is 3.24. The molecule has 0 aliphatic rings. The van der Waals surface area contributed by atoms with Gasteiger partial charge >= 0.3 is 0 Å². The number of carbonyl (C=O) groups is 1. The molecule has 4 rings (SSSR count). The van der Waals surface area contributed by atoms with Crippen LogP contribution < -0.4 is 10.1 Å². The lowest BCUT2D eigenvalue weighted by atomic mass is 10.1. The number of hydrogen-bond donors (Lipinski definition) is 1. The van der Waals surface area contributed by atoms with Crippen LogP contribution in [0.25, 0.3) is 22.3 Å². The molecule has 0 bridgehead atoms. The Morgan fingerprint density at radius 1 is 1.14 bits per heavy atom. The van der Waals surface area contributed by atoms with Crippen LogP contribution in [0.15, 0.2) is 60.9 Å². The summed E-state index contributed by atoms with van der Waals surface area (Å²) in [5.41, 5.74) is 3.44. The number of rotatable bonds is 5. The van der Waals surface area contributed by atoms with Crippen LogP contribution in [0.3, 0.4) is 0 Å². The van der Waals surface area contributed by atoms with Crippen molar-refractivity contribution in [3.8, 4) is 17.1 Å². The lowest BCUT2D eigenvalue weighted by Gasteiger charge is -2.09. The first-order chi connectivity index (χ1) is 13.7. The zero-order valence-corrected chi connectivity index (χ0v) is 15.6. The van der Waals surface area contributed by atoms with Gasteiger partial charge in [0.2, 0.25) is 5.88 Å². The van der Waals surface area contributed by atoms with E-state index in [9.17, 15) is 4.79 Å². The molecule has 0 atom stereocenters. The van der Waals surface area contributed by atoms with Crippen LogP contribution in [0.4, 0.5) is 5.69 Å². The van der Waals surface area contributed by atoms with E-state index >= 15 is 0 Å². The lowest BCUT2D eigenvalue weighted by Crippen LogP contribution is -2.13. The van der Waals surface area contributed by atoms with Crippen molar-refractivity contribution in [2.24, 2.45) is 0 Å². The van der Waals surface area contributed by atoms with Gasteiger partial charge in [0.1, 0.15) is 0 Å². The molecule has 1 amide bonds. The fraction of sp³-hybridized carbons (Fsp3) is 0.143. The molecular formula is C21H19N5O2. The summed E-state index contributed by atoms with van der Waals surface area (Å²) in [7, 11) is 1.55. The lowest BCUT2D eigenvalue weighted by molar-refractivity contribution is 0.102. The van der Waals surface area contributed by atoms with Crippen molar-refractivity contribution in [2.75, 3.05) is 12.4 Å². The summed E-state index contributed by atoms with van der Waals surface area (Å²) >= 11 is 0. The highest BCUT2D eigenvalue weighted by atomic mass is 16.5. The molecule has 28 heavy (non-hydrogen) atoms. The number of amides is 1. The van der Waals surface area contributed by atoms with Crippen molar-refractivity contribution in [1.82, 2.24) is 19.7 Å². The number of carbonyl (C=O) groups excluding carboxylic acids is 1. The van der Waals surface area contributed by atoms with Gasteiger partial charge in [0.25, 0.3) is 5.91 Å². The molecule has 0 radical (unpaired) electrons. The molecule has 0 unspecified atom stereocenters. The van der Waals surface area contributed by atoms with Crippen LogP contribution in [0.5, 0.6) is 5.88 Å². The van der Waals surface area contributed by atoms with Crippen LogP contribution in [-0.4, -0.2) is 32.8 Å². The van der Waals surface area contributed by atoms with E-state index < -0.39 is 0 Å². The molecule has 7 nitrogen and oxygen atoms in total. The van der Waals surface area contributed by atoms with E-state index in [1.54, 1.807) is 42.4 Å². The first-order valence-electron chi connectivity index (χ1n) is 8.93. The maximum atomic E-state index is 13.0. The quantitative estimate of drug-likeness (QED) is 0.576. The third-order valence-corrected chi connectivity index (χ3v) is 4.43. The van der Waals surface area contributed by atoms with Crippen LogP contribution in [-0.2, 0) is 6.54 Å². The van der Waals surface area contributed by atoms with Gasteiger partial charge in [-0.05, 0) is 19.1 Å². The Morgan fingerprint density at radius 3 is 2.64 bits per heavy atom. The fourth-order valence-electron chi connectivity index (χ4n) is 3.00. The van der Waals surface area contributed by atoms with Crippen molar-refractivity contribution in [2.45, 2.75) is 13.5 Å². The monoisotopic (exact) mass is 373 g/mol. The summed E-state index contributed by atoms with van der Waals surface area (Å²) in [6, 6.07) is 15.0. The Hall–Kier alpha value is -3.74. The number of aromatic nitrogens is 4. The minimum absolute atomic E-state index is 0.243. The van der Waals surface area contributed by atoms with Crippen molar-refractivity contribution < 1.29 is 9.53 Å². The van der Waals surface area contributed by atoms with Gasteiger partial charge in [-0.15, -0.1) is 0 Å². The van der Waals surface area contributed by atoms with Gasteiger partial charge in [0, 0.05) is 18.2 Å². The maximum Gasteiger partial charge on any atom is 0.256 e. The summed E-state index contributed by atoms with van der Waals surface area (Å²) in [5.74, 6) is 0.243. The Kier molecular flexibility index (Phi) is 4.72. The summed E-state index contributed by atoms with van der Waals surface area (Å²) in [5, 5.41) is 7.96. The molecular weight excluding hydrogens is 354 g/mol. The molecule has 1 N–H and O–H groups in total. The molecule has 4 aromatic rings. The van der Waals surface area contributed by atoms with Crippen molar-refractivity contribution >= 4 is 22.6 Å². The predicted molar refractivity (Wildman–Crippen MR) is 107 cm³/mol. The molecule has 3 aromatic heterocycles. The number of benzene rings is 1. The zero-order valence-electron chi connectivity index (χ0n) is 15.6. The number of fused-ring (bicyclic) bond motifs is 1. The molecule has 0 saturated carbocycles. The van der Waals surface area contributed by atoms with Crippen molar-refractivity contribution in [1.29, 1.82) is 0 Å². The molecule has 0 aliphatic carbocycles. The second-order valence-corrected chi connectivity index (χ2v) is 6.16. The number of aryl methyl sites for hydroxylation is 1. The first kappa shape index (κ1) is 17.7. The number of nitrogens with zero attached hydrogens (tertiary/aromatic N) is 4. The van der Waals surface area contributed by atoms with E-state index in [0.717, 1.165) is 11.3 Å². The minimum Gasteiger partial charge on any atom is -0.481 e. The minimum atomic E-state index is -0.243. The number of hydrogen-bond acceptors (Lipinski definition) is 5. The normalized spacial score (nSPS) is 10.8. The molecule has 3 heterocycles. The average molecular weight is 373 g/mol. The second-order valence-electron chi connectivity index (χ2n) is 6.16. The molecule has 7 heteroatoms. The van der Waals surface area contributed by atoms with Gasteiger partial charge in [-0.1, -0.05) is 30.3 Å². The van der Waals surface area contributed by atoms with Gasteiger partial charge in [0.15, 0.2) is 5.65 Å². The van der Waals surface area contributed by atoms with Crippen LogP contribution in [0, 0.1) is 0 Å². The molecule has 0 aliphatic heterocycles. The van der Waals surface area contributed by atoms with Gasteiger partial charge in [0.05, 0.1) is 41.8 Å². The Bertz CT molecular complexity index is 1120. The topological polar surface area (TPSA) is 81.9 Å². The Morgan fingerprint density at radius 2 is 1.96 bits per heavy atom. The summed E-state index contributed by atoms with van der Waals surface area (Å²) < 4.78 is 6.84. The molecule has 0 fully saturated rings. The summed E-state index contributed by atoms with van der Waals surface area (Å²) in [4.78, 5) is 21.9. The largest absolute Gasteiger partial charge is 0.481 e. The van der Waals surface area contributed by atoms with E-state index in [0.29, 0.717) is 34.7 Å². The van der Waals surface area contributed by atoms with E-state index in [1.165, 1.54) is 0 Å². The van der Waals surface area contributed by atoms with E-state index in [2.05, 4.69) is 15.4 Å². The highest BCUT2D eigenvalue weighted by molar-refractivity contribution is 6.12. The average Bonchev–Trinajstić information content (AvgIpc) is 3.17. The highest BCUT2D eigenvalue weighted by Gasteiger charge is 2.17. The molecule has 1 aromatic carbocycles. The van der Waals surface area contributed by atoms with Crippen molar-refractivity contribution in [3.05, 3.63) is 66.5 Å². The van der Waals surface area contributed by atoms with Gasteiger partial charge in [-0.25, -0.2) is 14.6 Å². The first-order valence-corrected chi connectivity index (χ1v) is 8.93. The van der Waals surface area contributed by atoms with Crippen LogP contribution in [0.1, 0.15) is 17.3 Å². The molecule has 140 valence electrons. The van der Waals surface area contributed by atoms with Crippen LogP contribution in [0.2, 0.25) is 0 Å². The van der Waals surface area contributed by atoms with E-state index in [1.807, 2.05) is 37.3 Å². The number of nitrogens with one attached hydrogen (secondary N) is 1. The number of ether oxygens (including phenoxy) is 1. The third kappa shape index (κ3) is 3.29. The van der Waals surface area contributed by atoms with Gasteiger partial charge in [-0.2, -0.15) is 5.10 Å². The highest BCUT2D eigenvalue weighted by Crippen LogP contribution is 2.25. The van der Waals surface area contributed by atoms with Crippen LogP contribution >= 0.6 is 0 Å². The van der Waals surface area contributed by atoms with Gasteiger partial charge < -0.3 is 10.1 Å². The Balaban J connectivity index is 1.78. The smallest absolute Gasteiger partial charge is 0.256 e. The SMILES string of the molecule is CCn1ncc2c(C(=O)Nc3ccc(OC)nc3)cc(-c3ccccc3)nc21. The van der Waals surface area contributed by atoms with E-state index in [-0.39, 0.29) is 5.91 Å². The number of pyridine rings is 2.